The van der Waals surface area contributed by atoms with Crippen molar-refractivity contribution in [2.24, 2.45) is 5.73 Å². The first kappa shape index (κ1) is 24.2. The first-order valence-electron chi connectivity index (χ1n) is 12.9. The number of hydrogen-bond acceptors (Lipinski definition) is 4. The van der Waals surface area contributed by atoms with Crippen molar-refractivity contribution in [2.75, 3.05) is 20.2 Å². The quantitative estimate of drug-likeness (QED) is 0.359. The van der Waals surface area contributed by atoms with E-state index in [2.05, 4.69) is 4.57 Å². The summed E-state index contributed by atoms with van der Waals surface area (Å²) in [6.45, 7) is 3.82. The Labute approximate surface area is 220 Å². The zero-order valence-corrected chi connectivity index (χ0v) is 21.5. The summed E-state index contributed by atoms with van der Waals surface area (Å²) in [5.41, 5.74) is 11.8. The number of hydrogen-bond donors (Lipinski definition) is 1. The van der Waals surface area contributed by atoms with Gasteiger partial charge in [-0.2, -0.15) is 0 Å². The second-order valence-corrected chi connectivity index (χ2v) is 10.0. The number of pyridine rings is 1. The van der Waals surface area contributed by atoms with Crippen molar-refractivity contribution in [1.82, 2.24) is 18.9 Å². The maximum atomic E-state index is 14.3. The highest BCUT2D eigenvalue weighted by Gasteiger charge is 2.24. The van der Waals surface area contributed by atoms with Crippen LogP contribution < -0.4 is 10.5 Å². The third-order valence-electron chi connectivity index (χ3n) is 7.44. The van der Waals surface area contributed by atoms with Crippen LogP contribution >= 0.6 is 0 Å². The van der Waals surface area contributed by atoms with Crippen molar-refractivity contribution >= 4 is 22.5 Å². The number of aryl methyl sites for hydroxylation is 1. The highest BCUT2D eigenvalue weighted by Crippen LogP contribution is 2.32. The van der Waals surface area contributed by atoms with E-state index in [4.69, 9.17) is 15.5 Å². The number of benzene rings is 2. The van der Waals surface area contributed by atoms with Crippen LogP contribution in [0.15, 0.2) is 66.9 Å². The fourth-order valence-electron chi connectivity index (χ4n) is 5.47. The van der Waals surface area contributed by atoms with Crippen molar-refractivity contribution in [3.8, 4) is 17.1 Å². The lowest BCUT2D eigenvalue weighted by Crippen LogP contribution is -2.45. The largest absolute Gasteiger partial charge is 0.497 e. The van der Waals surface area contributed by atoms with Gasteiger partial charge in [0.05, 0.1) is 18.3 Å². The van der Waals surface area contributed by atoms with Crippen molar-refractivity contribution in [3.05, 3.63) is 89.5 Å². The van der Waals surface area contributed by atoms with Crippen LogP contribution in [0, 0.1) is 12.7 Å². The summed E-state index contributed by atoms with van der Waals surface area (Å²) in [4.78, 5) is 20.0. The fraction of sp³-hybridized carbons (Fsp3) is 0.267. The molecular weight excluding hydrogens is 481 g/mol. The van der Waals surface area contributed by atoms with Gasteiger partial charge in [0.1, 0.15) is 22.9 Å². The number of fused-ring (bicyclic) bond motifs is 2. The monoisotopic (exact) mass is 511 g/mol. The summed E-state index contributed by atoms with van der Waals surface area (Å²) in [7, 11) is 1.64. The summed E-state index contributed by atoms with van der Waals surface area (Å²) in [5, 5.41) is 0.929. The van der Waals surface area contributed by atoms with Crippen LogP contribution in [0.4, 0.5) is 4.39 Å². The fourth-order valence-corrected chi connectivity index (χ4v) is 5.47. The highest BCUT2D eigenvalue weighted by atomic mass is 19.1. The molecule has 1 atom stereocenters. The molecule has 1 fully saturated rings. The zero-order valence-electron chi connectivity index (χ0n) is 21.5. The Bertz CT molecular complexity index is 1670. The van der Waals surface area contributed by atoms with Gasteiger partial charge in [-0.05, 0) is 73.9 Å². The minimum atomic E-state index is -0.290. The Morgan fingerprint density at radius 1 is 1.16 bits per heavy atom. The molecule has 4 heterocycles. The van der Waals surface area contributed by atoms with E-state index in [1.54, 1.807) is 19.2 Å². The van der Waals surface area contributed by atoms with E-state index < -0.39 is 0 Å². The van der Waals surface area contributed by atoms with Gasteiger partial charge in [-0.1, -0.05) is 12.1 Å². The van der Waals surface area contributed by atoms with Gasteiger partial charge in [0, 0.05) is 48.5 Å². The number of aromatic nitrogens is 3. The molecule has 1 amide bonds. The van der Waals surface area contributed by atoms with E-state index >= 15 is 0 Å². The molecule has 1 aliphatic heterocycles. The third kappa shape index (κ3) is 4.31. The highest BCUT2D eigenvalue weighted by molar-refractivity contribution is 5.95. The number of nitrogens with two attached hydrogens (primary N) is 1. The van der Waals surface area contributed by atoms with Gasteiger partial charge in [0.15, 0.2) is 0 Å². The van der Waals surface area contributed by atoms with E-state index in [9.17, 15) is 9.18 Å². The number of carbonyl (C=O) groups is 1. The predicted octanol–water partition coefficient (Wildman–Crippen LogP) is 5.02. The van der Waals surface area contributed by atoms with Crippen molar-refractivity contribution in [3.63, 3.8) is 0 Å². The molecular formula is C30H30FN5O2. The predicted molar refractivity (Wildman–Crippen MR) is 146 cm³/mol. The van der Waals surface area contributed by atoms with Crippen LogP contribution in [0.5, 0.6) is 5.75 Å². The maximum absolute atomic E-state index is 14.3. The van der Waals surface area contributed by atoms with Crippen molar-refractivity contribution < 1.29 is 13.9 Å². The van der Waals surface area contributed by atoms with E-state index in [-0.39, 0.29) is 17.8 Å². The number of imidazole rings is 1. The summed E-state index contributed by atoms with van der Waals surface area (Å²) >= 11 is 0. The average Bonchev–Trinajstić information content (AvgIpc) is 3.44. The Morgan fingerprint density at radius 2 is 2.03 bits per heavy atom. The van der Waals surface area contributed by atoms with Crippen LogP contribution in [-0.2, 0) is 6.54 Å². The van der Waals surface area contributed by atoms with E-state index in [1.807, 2.05) is 64.9 Å². The minimum Gasteiger partial charge on any atom is -0.497 e. The van der Waals surface area contributed by atoms with Gasteiger partial charge >= 0.3 is 0 Å². The van der Waals surface area contributed by atoms with Crippen LogP contribution in [0.1, 0.15) is 34.5 Å². The molecule has 3 aromatic heterocycles. The smallest absolute Gasteiger partial charge is 0.254 e. The van der Waals surface area contributed by atoms with Crippen molar-refractivity contribution in [2.45, 2.75) is 32.4 Å². The Morgan fingerprint density at radius 3 is 2.84 bits per heavy atom. The maximum Gasteiger partial charge on any atom is 0.254 e. The molecule has 5 aromatic rings. The summed E-state index contributed by atoms with van der Waals surface area (Å²) < 4.78 is 23.8. The number of nitrogens with zero attached hydrogens (tertiary/aromatic N) is 4. The van der Waals surface area contributed by atoms with Crippen molar-refractivity contribution in [1.29, 1.82) is 0 Å². The molecule has 0 radical (unpaired) electrons. The number of amides is 1. The molecule has 0 saturated carbocycles. The third-order valence-corrected chi connectivity index (χ3v) is 7.44. The Kier molecular flexibility index (Phi) is 6.12. The molecule has 8 heteroatoms. The Hall–Kier alpha value is -4.17. The molecule has 2 aromatic carbocycles. The molecule has 1 unspecified atom stereocenters. The summed E-state index contributed by atoms with van der Waals surface area (Å²) in [6, 6.07) is 18.4. The minimum absolute atomic E-state index is 0.0209. The molecule has 194 valence electrons. The second kappa shape index (κ2) is 9.61. The molecule has 0 aliphatic carbocycles. The topological polar surface area (TPSA) is 77.8 Å². The molecule has 38 heavy (non-hydrogen) atoms. The van der Waals surface area contributed by atoms with E-state index in [1.165, 1.54) is 6.07 Å². The number of carbonyl (C=O) groups excluding carboxylic acids is 1. The molecule has 0 spiro atoms. The van der Waals surface area contributed by atoms with Gasteiger partial charge < -0.3 is 24.3 Å². The van der Waals surface area contributed by atoms with Gasteiger partial charge in [-0.25, -0.2) is 9.37 Å². The number of rotatable bonds is 5. The van der Waals surface area contributed by atoms with Gasteiger partial charge in [-0.15, -0.1) is 0 Å². The van der Waals surface area contributed by atoms with Gasteiger partial charge in [0.25, 0.3) is 5.91 Å². The Balaban J connectivity index is 1.44. The lowest BCUT2D eigenvalue weighted by atomic mass is 10.1. The zero-order chi connectivity index (χ0) is 26.4. The normalized spacial score (nSPS) is 15.9. The number of piperidine rings is 1. The van der Waals surface area contributed by atoms with Crippen LogP contribution in [-0.4, -0.2) is 51.0 Å². The van der Waals surface area contributed by atoms with Crippen LogP contribution in [0.3, 0.4) is 0 Å². The van der Waals surface area contributed by atoms with Crippen LogP contribution in [0.25, 0.3) is 27.9 Å². The first-order valence-corrected chi connectivity index (χ1v) is 12.9. The summed E-state index contributed by atoms with van der Waals surface area (Å²) in [6.07, 6.45) is 3.76. The standard InChI is InChI=1S/C30H30FN5O2/c1-19-29(33-28-15-22(10-12-35(19)28)30(37)34-11-4-6-24(32)18-34)27-14-21-8-9-23(31)16-26(21)36(27)17-20-5-3-7-25(13-20)38-2/h3,5,7-10,12-16,24H,4,6,11,17-18,32H2,1-2H3. The SMILES string of the molecule is COc1cccc(Cn2c(-c3nc4cc(C(=O)N5CCCC(N)C5)ccn4c3C)cc3ccc(F)cc32)c1. The number of ether oxygens (including phenoxy) is 1. The molecule has 2 N–H and O–H groups in total. The number of halogens is 1. The van der Waals surface area contributed by atoms with E-state index in [0.29, 0.717) is 24.3 Å². The number of methoxy groups -OCH3 is 1. The van der Waals surface area contributed by atoms with Gasteiger partial charge in [-0.3, -0.25) is 4.79 Å². The molecule has 1 aliphatic rings. The number of likely N-dealkylation sites (tertiary alicyclic amines) is 1. The summed E-state index contributed by atoms with van der Waals surface area (Å²) in [5.74, 6) is 0.455. The van der Waals surface area contributed by atoms with E-state index in [0.717, 1.165) is 58.7 Å². The lowest BCUT2D eigenvalue weighted by Gasteiger charge is -2.30. The molecule has 1 saturated heterocycles. The molecule has 7 nitrogen and oxygen atoms in total. The second-order valence-electron chi connectivity index (χ2n) is 10.0. The van der Waals surface area contributed by atoms with Gasteiger partial charge in [0.2, 0.25) is 0 Å². The molecule has 6 rings (SSSR count). The average molecular weight is 512 g/mol. The lowest BCUT2D eigenvalue weighted by molar-refractivity contribution is 0.0709. The van der Waals surface area contributed by atoms with Crippen LogP contribution in [0.2, 0.25) is 0 Å². The first-order chi connectivity index (χ1) is 18.4. The molecule has 0 bridgehead atoms.